The average Bonchev–Trinajstić information content (AvgIpc) is 2.99. The molecule has 27 heavy (non-hydrogen) atoms. The molecule has 1 aliphatic carbocycles. The third-order valence-corrected chi connectivity index (χ3v) is 5.27. The number of nitrogens with one attached hydrogen (secondary N) is 1. The van der Waals surface area contributed by atoms with E-state index < -0.39 is 5.97 Å². The first kappa shape index (κ1) is 19.3. The van der Waals surface area contributed by atoms with Crippen LogP contribution in [-0.2, 0) is 11.2 Å². The van der Waals surface area contributed by atoms with E-state index in [-0.39, 0.29) is 17.5 Å². The van der Waals surface area contributed by atoms with Crippen LogP contribution in [-0.4, -0.2) is 23.3 Å². The number of carbonyl (C=O) groups is 2. The predicted molar refractivity (Wildman–Crippen MR) is 102 cm³/mol. The average molecular weight is 371 g/mol. The molecule has 2 aromatic rings. The highest BCUT2D eigenvalue weighted by Gasteiger charge is 2.32. The van der Waals surface area contributed by atoms with Crippen LogP contribution in [0.3, 0.4) is 0 Å². The van der Waals surface area contributed by atoms with Crippen molar-refractivity contribution in [3.05, 3.63) is 58.2 Å². The van der Waals surface area contributed by atoms with E-state index in [2.05, 4.69) is 11.9 Å². The number of halogens is 1. The van der Waals surface area contributed by atoms with Crippen molar-refractivity contribution in [2.45, 2.75) is 58.3 Å². The van der Waals surface area contributed by atoms with Gasteiger partial charge in [-0.1, -0.05) is 38.3 Å². The van der Waals surface area contributed by atoms with Gasteiger partial charge in [-0.05, 0) is 48.9 Å². The first-order valence-electron chi connectivity index (χ1n) is 9.68. The lowest BCUT2D eigenvalue weighted by Gasteiger charge is -2.22. The Balaban J connectivity index is 1.73. The number of benzene rings is 1. The number of rotatable bonds is 7. The molecule has 1 aromatic carbocycles. The summed E-state index contributed by atoms with van der Waals surface area (Å²) < 4.78 is 18.5. The maximum Gasteiger partial charge on any atom is 0.355 e. The van der Waals surface area contributed by atoms with Crippen molar-refractivity contribution in [1.29, 1.82) is 0 Å². The van der Waals surface area contributed by atoms with Crippen LogP contribution in [0.4, 0.5) is 4.39 Å². The number of aromatic nitrogens is 1. The monoisotopic (exact) mass is 371 g/mol. The number of unbranched alkanes of at least 4 members (excludes halogenated alkanes) is 3. The van der Waals surface area contributed by atoms with Crippen molar-refractivity contribution in [2.24, 2.45) is 0 Å². The fourth-order valence-corrected chi connectivity index (χ4v) is 3.77. The maximum atomic E-state index is 13.2. The molecule has 0 aliphatic heterocycles. The topological polar surface area (TPSA) is 59.2 Å². The van der Waals surface area contributed by atoms with Crippen LogP contribution in [0.5, 0.6) is 0 Å². The van der Waals surface area contributed by atoms with Crippen LogP contribution in [0.25, 0.3) is 0 Å². The van der Waals surface area contributed by atoms with E-state index in [1.54, 1.807) is 19.1 Å². The van der Waals surface area contributed by atoms with Gasteiger partial charge in [-0.25, -0.2) is 9.18 Å². The van der Waals surface area contributed by atoms with Crippen molar-refractivity contribution < 1.29 is 18.7 Å². The Morgan fingerprint density at radius 3 is 2.63 bits per heavy atom. The lowest BCUT2D eigenvalue weighted by atomic mass is 9.81. The minimum Gasteiger partial charge on any atom is -0.461 e. The SMILES string of the molecule is CCCCCCOC(=O)c1[nH]c2c(c1C)C(=O)C[C@H](c1ccc(F)cc1)C2. The molecular weight excluding hydrogens is 345 g/mol. The van der Waals surface area contributed by atoms with E-state index in [4.69, 9.17) is 4.74 Å². The van der Waals surface area contributed by atoms with Crippen LogP contribution in [0.2, 0.25) is 0 Å². The number of fused-ring (bicyclic) bond motifs is 1. The summed E-state index contributed by atoms with van der Waals surface area (Å²) in [6, 6.07) is 6.27. The van der Waals surface area contributed by atoms with E-state index in [1.807, 2.05) is 0 Å². The van der Waals surface area contributed by atoms with E-state index in [0.29, 0.717) is 36.3 Å². The highest BCUT2D eigenvalue weighted by atomic mass is 19.1. The smallest absolute Gasteiger partial charge is 0.355 e. The Kier molecular flexibility index (Phi) is 6.09. The number of carbonyl (C=O) groups excluding carboxylic acids is 2. The fourth-order valence-electron chi connectivity index (χ4n) is 3.77. The second kappa shape index (κ2) is 8.51. The molecule has 0 saturated carbocycles. The number of esters is 1. The van der Waals surface area contributed by atoms with Crippen LogP contribution in [0, 0.1) is 12.7 Å². The molecule has 1 aromatic heterocycles. The third kappa shape index (κ3) is 4.29. The Morgan fingerprint density at radius 2 is 1.93 bits per heavy atom. The van der Waals surface area contributed by atoms with Crippen LogP contribution >= 0.6 is 0 Å². The van der Waals surface area contributed by atoms with Crippen molar-refractivity contribution in [2.75, 3.05) is 6.61 Å². The van der Waals surface area contributed by atoms with Crippen LogP contribution in [0.15, 0.2) is 24.3 Å². The lowest BCUT2D eigenvalue weighted by molar-refractivity contribution is 0.0490. The Hall–Kier alpha value is -2.43. The summed E-state index contributed by atoms with van der Waals surface area (Å²) in [6.45, 7) is 4.32. The van der Waals surface area contributed by atoms with Crippen molar-refractivity contribution in [3.8, 4) is 0 Å². The molecule has 0 amide bonds. The number of H-pyrrole nitrogens is 1. The summed E-state index contributed by atoms with van der Waals surface area (Å²) in [5.41, 5.74) is 3.37. The summed E-state index contributed by atoms with van der Waals surface area (Å²) >= 11 is 0. The highest BCUT2D eigenvalue weighted by molar-refractivity contribution is 6.03. The first-order chi connectivity index (χ1) is 13.0. The molecule has 0 saturated heterocycles. The minimum atomic E-state index is -0.399. The quantitative estimate of drug-likeness (QED) is 0.543. The summed E-state index contributed by atoms with van der Waals surface area (Å²) in [5, 5.41) is 0. The summed E-state index contributed by atoms with van der Waals surface area (Å²) in [7, 11) is 0. The molecule has 1 N–H and O–H groups in total. The van der Waals surface area contributed by atoms with E-state index in [1.165, 1.54) is 12.1 Å². The van der Waals surface area contributed by atoms with Crippen molar-refractivity contribution in [3.63, 3.8) is 0 Å². The van der Waals surface area contributed by atoms with Gasteiger partial charge >= 0.3 is 5.97 Å². The van der Waals surface area contributed by atoms with Gasteiger partial charge in [0.2, 0.25) is 0 Å². The molecule has 1 atom stereocenters. The van der Waals surface area contributed by atoms with Crippen molar-refractivity contribution in [1.82, 2.24) is 4.98 Å². The molecule has 1 aliphatic rings. The standard InChI is InChI=1S/C22H26FNO3/c1-3-4-5-6-11-27-22(26)21-14(2)20-18(24-21)12-16(13-19(20)25)15-7-9-17(23)10-8-15/h7-10,16,24H,3-6,11-13H2,1-2H3/t16-/m1/s1. The second-order valence-electron chi connectivity index (χ2n) is 7.26. The van der Waals surface area contributed by atoms with Crippen molar-refractivity contribution >= 4 is 11.8 Å². The van der Waals surface area contributed by atoms with E-state index in [0.717, 1.165) is 36.9 Å². The van der Waals surface area contributed by atoms with Gasteiger partial charge in [-0.15, -0.1) is 0 Å². The van der Waals surface area contributed by atoms with E-state index in [9.17, 15) is 14.0 Å². The predicted octanol–water partition coefficient (Wildman–Crippen LogP) is 5.11. The molecule has 1 heterocycles. The number of hydrogen-bond donors (Lipinski definition) is 1. The van der Waals surface area contributed by atoms with E-state index >= 15 is 0 Å². The molecule has 0 fully saturated rings. The minimum absolute atomic E-state index is 0.0124. The highest BCUT2D eigenvalue weighted by Crippen LogP contribution is 2.35. The lowest BCUT2D eigenvalue weighted by Crippen LogP contribution is -2.18. The zero-order chi connectivity index (χ0) is 19.4. The molecule has 0 unspecified atom stereocenters. The number of hydrogen-bond acceptors (Lipinski definition) is 3. The van der Waals surface area contributed by atoms with Crippen LogP contribution in [0.1, 0.15) is 82.6 Å². The number of aromatic amines is 1. The molecular formula is C22H26FNO3. The summed E-state index contributed by atoms with van der Waals surface area (Å²) in [4.78, 5) is 28.2. The number of ketones is 1. The van der Waals surface area contributed by atoms with Gasteiger partial charge in [0.15, 0.2) is 5.78 Å². The van der Waals surface area contributed by atoms with Gasteiger partial charge in [0, 0.05) is 17.7 Å². The van der Waals surface area contributed by atoms with Gasteiger partial charge in [-0.2, -0.15) is 0 Å². The first-order valence-corrected chi connectivity index (χ1v) is 9.68. The molecule has 3 rings (SSSR count). The van der Waals surface area contributed by atoms with Crippen LogP contribution < -0.4 is 0 Å². The molecule has 4 nitrogen and oxygen atoms in total. The summed E-state index contributed by atoms with van der Waals surface area (Å²) in [6.07, 6.45) is 5.15. The third-order valence-electron chi connectivity index (χ3n) is 5.27. The molecule has 144 valence electrons. The Morgan fingerprint density at radius 1 is 1.19 bits per heavy atom. The maximum absolute atomic E-state index is 13.2. The van der Waals surface area contributed by atoms with Gasteiger partial charge in [0.1, 0.15) is 11.5 Å². The van der Waals surface area contributed by atoms with Gasteiger partial charge < -0.3 is 9.72 Å². The normalized spacial score (nSPS) is 16.3. The largest absolute Gasteiger partial charge is 0.461 e. The van der Waals surface area contributed by atoms with Gasteiger partial charge in [-0.3, -0.25) is 4.79 Å². The number of Topliss-reactive ketones (excluding diaryl/α,β-unsaturated/α-hetero) is 1. The number of ether oxygens (including phenoxy) is 1. The molecule has 0 spiro atoms. The molecule has 5 heteroatoms. The molecule has 0 bridgehead atoms. The Labute approximate surface area is 159 Å². The Bertz CT molecular complexity index is 823. The van der Waals surface area contributed by atoms with Gasteiger partial charge in [0.05, 0.1) is 6.61 Å². The fraction of sp³-hybridized carbons (Fsp3) is 0.455. The second-order valence-corrected chi connectivity index (χ2v) is 7.26. The summed E-state index contributed by atoms with van der Waals surface area (Å²) in [5.74, 6) is -0.686. The zero-order valence-corrected chi connectivity index (χ0v) is 15.9. The zero-order valence-electron chi connectivity index (χ0n) is 15.9. The molecule has 0 radical (unpaired) electrons. The van der Waals surface area contributed by atoms with Gasteiger partial charge in [0.25, 0.3) is 0 Å².